The van der Waals surface area contributed by atoms with Crippen LogP contribution in [-0.2, 0) is 28.8 Å². The van der Waals surface area contributed by atoms with Crippen molar-refractivity contribution in [1.29, 1.82) is 0 Å². The summed E-state index contributed by atoms with van der Waals surface area (Å²) in [7, 11) is 3.30. The van der Waals surface area contributed by atoms with Gasteiger partial charge in [-0.1, -0.05) is 129 Å². The molecule has 2 unspecified atom stereocenters. The van der Waals surface area contributed by atoms with Gasteiger partial charge in [-0.15, -0.1) is 0 Å². The zero-order valence-electron chi connectivity index (χ0n) is 53.4. The summed E-state index contributed by atoms with van der Waals surface area (Å²) in [6.45, 7) is 4.08. The standard InChI is InChI=1S/C38H44N8O5.C31H40N8O4/c1-3-29(23-41-45-38(51)40-22-25-18-20-28(21-19-25)35(48)39-2)42-32(47)24-46-31-17-11-10-16-30(31)33(26-12-6-4-7-13-26)43-34(37(46)50)44-36(49)27-14-8-5-9-15-27;1-3-23(18-35-38-31(43)34-17-20-13-15-22(16-14-20)29(41)33-2)36-26(40)19-39-25-12-8-7-11-24(25)27(37-28(32)30(39)42)21-9-5-4-6-10-21/h4-17,23,25,28-29,34H,3,18-22,24H2,1-2H3,(H,39,48)(H,42,47)(H,44,49)(H2,40,45,51);4-12,18,20,22-23,28H,3,13-17,19,32H2,1-2H3,(H,33,41)(H,36,40)(H2,34,38,43)/b41-23+;35-18+/t25?,28?,29-,34?;20?,22?,23-,28?/m00/s1. The van der Waals surface area contributed by atoms with Crippen LogP contribution in [0.1, 0.15) is 111 Å². The Kier molecular flexibility index (Phi) is 25.7. The number of nitrogens with two attached hydrogens (primary N) is 1. The van der Waals surface area contributed by atoms with Crippen molar-refractivity contribution in [3.63, 3.8) is 0 Å². The number of carbonyl (C=O) groups is 9. The number of rotatable bonds is 22. The molecule has 494 valence electrons. The van der Waals surface area contributed by atoms with Crippen molar-refractivity contribution >= 4 is 88.6 Å². The molecular weight excluding hydrogens is 1200 g/mol. The van der Waals surface area contributed by atoms with Crippen LogP contribution in [-0.4, -0.2) is 142 Å². The van der Waals surface area contributed by atoms with Crippen LogP contribution in [0.2, 0.25) is 0 Å². The van der Waals surface area contributed by atoms with Gasteiger partial charge in [0.2, 0.25) is 29.8 Å². The number of nitrogens with one attached hydrogen (secondary N) is 9. The molecule has 2 aliphatic carbocycles. The summed E-state index contributed by atoms with van der Waals surface area (Å²) in [5, 5.41) is 27.6. The molecule has 11 N–H and O–H groups in total. The fourth-order valence-electron chi connectivity index (χ4n) is 11.6. The molecule has 0 spiro atoms. The predicted molar refractivity (Wildman–Crippen MR) is 361 cm³/mol. The lowest BCUT2D eigenvalue weighted by Crippen LogP contribution is -2.51. The fourth-order valence-corrected chi connectivity index (χ4v) is 11.6. The highest BCUT2D eigenvalue weighted by Gasteiger charge is 2.36. The number of benzene rings is 5. The zero-order chi connectivity index (χ0) is 66.9. The van der Waals surface area contributed by atoms with E-state index < -0.39 is 66.0 Å². The molecule has 5 aromatic carbocycles. The molecule has 5 aromatic rings. The second kappa shape index (κ2) is 34.8. The summed E-state index contributed by atoms with van der Waals surface area (Å²) in [4.78, 5) is 128. The van der Waals surface area contributed by atoms with E-state index in [2.05, 4.69) is 63.3 Å². The van der Waals surface area contributed by atoms with E-state index in [1.165, 1.54) is 22.2 Å². The number of amides is 11. The number of benzodiazepines with no additional fused rings is 2. The minimum absolute atomic E-state index is 0.0279. The summed E-state index contributed by atoms with van der Waals surface area (Å²) >= 11 is 0. The van der Waals surface area contributed by atoms with Crippen molar-refractivity contribution in [3.8, 4) is 0 Å². The number of hydrogen-bond donors (Lipinski definition) is 10. The van der Waals surface area contributed by atoms with Crippen LogP contribution in [0.15, 0.2) is 160 Å². The molecule has 2 heterocycles. The molecule has 2 fully saturated rings. The number of carbonyl (C=O) groups excluding carboxylic acids is 9. The Morgan fingerprint density at radius 3 is 1.35 bits per heavy atom. The Morgan fingerprint density at radius 1 is 0.532 bits per heavy atom. The maximum atomic E-state index is 14.2. The summed E-state index contributed by atoms with van der Waals surface area (Å²) < 4.78 is 0. The van der Waals surface area contributed by atoms with Crippen LogP contribution in [0, 0.1) is 23.7 Å². The molecule has 0 aromatic heterocycles. The smallest absolute Gasteiger partial charge is 0.335 e. The number of aliphatic imine (C=N–C) groups is 2. The molecule has 0 radical (unpaired) electrons. The number of hydrogen-bond acceptors (Lipinski definition) is 14. The van der Waals surface area contributed by atoms with E-state index in [-0.39, 0.29) is 42.7 Å². The van der Waals surface area contributed by atoms with Gasteiger partial charge in [0.25, 0.3) is 17.7 Å². The number of nitrogens with zero attached hydrogens (tertiary/aromatic N) is 6. The molecule has 2 aliphatic heterocycles. The number of hydrazone groups is 2. The van der Waals surface area contributed by atoms with E-state index in [4.69, 9.17) is 10.7 Å². The minimum atomic E-state index is -1.31. The van der Waals surface area contributed by atoms with Crippen molar-refractivity contribution in [2.45, 2.75) is 102 Å². The summed E-state index contributed by atoms with van der Waals surface area (Å²) in [6, 6.07) is 39.9. The maximum absolute atomic E-state index is 14.2. The average molecular weight is 1280 g/mol. The first kappa shape index (κ1) is 69.5. The van der Waals surface area contributed by atoms with E-state index in [0.717, 1.165) is 62.5 Å². The highest BCUT2D eigenvalue weighted by atomic mass is 16.2. The molecule has 2 saturated carbocycles. The third kappa shape index (κ3) is 19.3. The van der Waals surface area contributed by atoms with Crippen LogP contribution in [0.4, 0.5) is 21.0 Å². The highest BCUT2D eigenvalue weighted by Crippen LogP contribution is 2.32. The summed E-state index contributed by atoms with van der Waals surface area (Å²) in [5.41, 5.74) is 16.4. The maximum Gasteiger partial charge on any atom is 0.335 e. The van der Waals surface area contributed by atoms with E-state index in [1.807, 2.05) is 98.8 Å². The quantitative estimate of drug-likeness (QED) is 0.0317. The largest absolute Gasteiger partial charge is 0.359 e. The third-order valence-electron chi connectivity index (χ3n) is 16.9. The molecule has 25 nitrogen and oxygen atoms in total. The first-order chi connectivity index (χ1) is 45.6. The van der Waals surface area contributed by atoms with Gasteiger partial charge < -0.3 is 43.0 Å². The molecule has 4 aliphatic rings. The Hall–Kier alpha value is -10.4. The lowest BCUT2D eigenvalue weighted by atomic mass is 9.81. The highest BCUT2D eigenvalue weighted by molar-refractivity contribution is 6.22. The van der Waals surface area contributed by atoms with Gasteiger partial charge in [-0.2, -0.15) is 10.2 Å². The van der Waals surface area contributed by atoms with Gasteiger partial charge in [0, 0.05) is 79.3 Å². The van der Waals surface area contributed by atoms with Gasteiger partial charge in [0.1, 0.15) is 13.1 Å². The van der Waals surface area contributed by atoms with Gasteiger partial charge in [0.05, 0.1) is 34.9 Å². The normalized spacial score (nSPS) is 19.9. The second-order valence-corrected chi connectivity index (χ2v) is 23.3. The lowest BCUT2D eigenvalue weighted by Gasteiger charge is -2.27. The summed E-state index contributed by atoms with van der Waals surface area (Å²) in [5.74, 6) is -1.60. The summed E-state index contributed by atoms with van der Waals surface area (Å²) in [6.07, 6.45) is 8.05. The van der Waals surface area contributed by atoms with Crippen LogP contribution in [0.25, 0.3) is 0 Å². The van der Waals surface area contributed by atoms with Crippen LogP contribution >= 0.6 is 0 Å². The Morgan fingerprint density at radius 2 is 0.926 bits per heavy atom. The first-order valence-corrected chi connectivity index (χ1v) is 31.9. The number of anilines is 2. The topological polar surface area (TPSA) is 344 Å². The third-order valence-corrected chi connectivity index (χ3v) is 16.9. The minimum Gasteiger partial charge on any atom is -0.359 e. The lowest BCUT2D eigenvalue weighted by molar-refractivity contribution is -0.126. The van der Waals surface area contributed by atoms with Crippen molar-refractivity contribution < 1.29 is 43.2 Å². The molecule has 4 atom stereocenters. The Balaban J connectivity index is 0.000000245. The second-order valence-electron chi connectivity index (χ2n) is 23.3. The SMILES string of the molecule is CC[C@@H](/C=N/NC(=O)NCC1CCC(C(=O)NC)CC1)NC(=O)CN1C(=O)C(N)N=C(c2ccccc2)c2ccccc21.CC[C@@H](/C=N/NC(=O)NCC1CCC(C(=O)NC)CC1)NC(=O)CN1C(=O)C(NC(=O)c2ccccc2)N=C(c2ccccc2)c2ccccc21. The van der Waals surface area contributed by atoms with Gasteiger partial charge in [-0.05, 0) is 100 Å². The van der Waals surface area contributed by atoms with E-state index >= 15 is 0 Å². The fraction of sp³-hybridized carbons (Fsp3) is 0.377. The van der Waals surface area contributed by atoms with Crippen molar-refractivity contribution in [2.75, 3.05) is 50.1 Å². The van der Waals surface area contributed by atoms with Crippen molar-refractivity contribution in [1.82, 2.24) is 48.1 Å². The van der Waals surface area contributed by atoms with E-state index in [1.54, 1.807) is 68.7 Å². The molecule has 0 bridgehead atoms. The molecule has 11 amide bonds. The molecule has 9 rings (SSSR count). The van der Waals surface area contributed by atoms with Gasteiger partial charge in [-0.25, -0.2) is 25.4 Å². The number of para-hydroxylation sites is 2. The molecule has 25 heteroatoms. The predicted octanol–water partition coefficient (Wildman–Crippen LogP) is 5.25. The van der Waals surface area contributed by atoms with Crippen LogP contribution in [0.5, 0.6) is 0 Å². The van der Waals surface area contributed by atoms with E-state index in [0.29, 0.717) is 71.3 Å². The molecular formula is C69H84N16O9. The zero-order valence-corrected chi connectivity index (χ0v) is 53.4. The van der Waals surface area contributed by atoms with Crippen molar-refractivity contribution in [3.05, 3.63) is 167 Å². The van der Waals surface area contributed by atoms with Crippen LogP contribution < -0.4 is 63.6 Å². The van der Waals surface area contributed by atoms with Crippen molar-refractivity contribution in [2.24, 2.45) is 49.6 Å². The number of urea groups is 2. The van der Waals surface area contributed by atoms with E-state index in [9.17, 15) is 43.2 Å². The number of fused-ring (bicyclic) bond motifs is 2. The Bertz CT molecular complexity index is 3570. The van der Waals surface area contributed by atoms with Gasteiger partial charge in [-0.3, -0.25) is 48.4 Å². The first-order valence-electron chi connectivity index (χ1n) is 31.9. The van der Waals surface area contributed by atoms with Gasteiger partial charge >= 0.3 is 12.1 Å². The monoisotopic (exact) mass is 1280 g/mol. The van der Waals surface area contributed by atoms with Gasteiger partial charge in [0.15, 0.2) is 6.17 Å². The molecule has 0 saturated heterocycles. The Labute approximate surface area is 547 Å². The van der Waals surface area contributed by atoms with Crippen LogP contribution in [0.3, 0.4) is 0 Å². The molecule has 94 heavy (non-hydrogen) atoms. The average Bonchev–Trinajstić information content (AvgIpc) is 1.62.